The van der Waals surface area contributed by atoms with Crippen LogP contribution in [0.4, 0.5) is 5.69 Å². The van der Waals surface area contributed by atoms with Crippen LogP contribution in [0.1, 0.15) is 37.0 Å². The Balaban J connectivity index is 3.17. The SMILES string of the molecule is CCOC(=O)C[C@H](Cc1cc(Cl)c(N)c(C)c1COC(C)=O)C(=O)O. The average molecular weight is 372 g/mol. The van der Waals surface area contributed by atoms with Crippen molar-refractivity contribution in [1.29, 1.82) is 0 Å². The minimum Gasteiger partial charge on any atom is -0.481 e. The minimum absolute atomic E-state index is 0.0333. The van der Waals surface area contributed by atoms with Gasteiger partial charge in [-0.2, -0.15) is 0 Å². The van der Waals surface area contributed by atoms with Crippen LogP contribution in [0.5, 0.6) is 0 Å². The number of benzene rings is 1. The highest BCUT2D eigenvalue weighted by Gasteiger charge is 2.25. The van der Waals surface area contributed by atoms with Crippen molar-refractivity contribution in [1.82, 2.24) is 0 Å². The normalized spacial score (nSPS) is 11.7. The zero-order chi connectivity index (χ0) is 19.1. The Morgan fingerprint density at radius 2 is 1.96 bits per heavy atom. The lowest BCUT2D eigenvalue weighted by molar-refractivity contribution is -0.151. The molecule has 1 rings (SSSR count). The molecule has 0 heterocycles. The Labute approximate surface area is 151 Å². The number of anilines is 1. The Morgan fingerprint density at radius 1 is 1.32 bits per heavy atom. The number of carbonyl (C=O) groups is 3. The quantitative estimate of drug-likeness (QED) is 0.532. The van der Waals surface area contributed by atoms with Gasteiger partial charge >= 0.3 is 17.9 Å². The fourth-order valence-corrected chi connectivity index (χ4v) is 2.66. The van der Waals surface area contributed by atoms with Gasteiger partial charge in [-0.25, -0.2) is 0 Å². The van der Waals surface area contributed by atoms with E-state index in [4.69, 9.17) is 26.8 Å². The summed E-state index contributed by atoms with van der Waals surface area (Å²) in [7, 11) is 0. The number of nitrogen functional groups attached to an aromatic ring is 1. The summed E-state index contributed by atoms with van der Waals surface area (Å²) < 4.78 is 9.85. The van der Waals surface area contributed by atoms with Gasteiger partial charge in [0.25, 0.3) is 0 Å². The lowest BCUT2D eigenvalue weighted by atomic mass is 9.91. The van der Waals surface area contributed by atoms with Gasteiger partial charge in [0.05, 0.1) is 29.7 Å². The molecule has 0 radical (unpaired) electrons. The molecule has 7 nitrogen and oxygen atoms in total. The first-order valence-corrected chi connectivity index (χ1v) is 8.13. The third-order valence-corrected chi connectivity index (χ3v) is 4.07. The summed E-state index contributed by atoms with van der Waals surface area (Å²) in [6, 6.07) is 1.55. The van der Waals surface area contributed by atoms with Crippen molar-refractivity contribution in [3.05, 3.63) is 27.8 Å². The Morgan fingerprint density at radius 3 is 2.48 bits per heavy atom. The van der Waals surface area contributed by atoms with Crippen LogP contribution in [-0.4, -0.2) is 29.6 Å². The maximum Gasteiger partial charge on any atom is 0.307 e. The van der Waals surface area contributed by atoms with Gasteiger partial charge in [0, 0.05) is 6.92 Å². The summed E-state index contributed by atoms with van der Waals surface area (Å²) in [5.74, 6) is -3.18. The van der Waals surface area contributed by atoms with Crippen molar-refractivity contribution in [2.24, 2.45) is 5.92 Å². The van der Waals surface area contributed by atoms with Gasteiger partial charge < -0.3 is 20.3 Å². The number of ether oxygens (including phenoxy) is 2. The molecule has 1 atom stereocenters. The van der Waals surface area contributed by atoms with Crippen LogP contribution in [-0.2, 0) is 36.9 Å². The summed E-state index contributed by atoms with van der Waals surface area (Å²) in [5.41, 5.74) is 8.01. The molecule has 0 saturated carbocycles. The van der Waals surface area contributed by atoms with Crippen molar-refractivity contribution < 1.29 is 29.0 Å². The fourth-order valence-electron chi connectivity index (χ4n) is 2.39. The molecule has 0 aliphatic carbocycles. The van der Waals surface area contributed by atoms with Crippen molar-refractivity contribution in [2.75, 3.05) is 12.3 Å². The van der Waals surface area contributed by atoms with E-state index in [2.05, 4.69) is 0 Å². The number of esters is 2. The molecule has 0 aliphatic rings. The lowest BCUT2D eigenvalue weighted by Gasteiger charge is -2.19. The molecule has 1 aromatic rings. The van der Waals surface area contributed by atoms with Crippen molar-refractivity contribution >= 4 is 35.2 Å². The highest BCUT2D eigenvalue weighted by molar-refractivity contribution is 6.33. The van der Waals surface area contributed by atoms with Gasteiger partial charge in [-0.05, 0) is 43.0 Å². The second kappa shape index (κ2) is 9.27. The van der Waals surface area contributed by atoms with Crippen LogP contribution >= 0.6 is 11.6 Å². The van der Waals surface area contributed by atoms with E-state index < -0.39 is 23.8 Å². The first-order valence-electron chi connectivity index (χ1n) is 7.75. The highest BCUT2D eigenvalue weighted by Crippen LogP contribution is 2.31. The predicted molar refractivity (Wildman–Crippen MR) is 92.2 cm³/mol. The fraction of sp³-hybridized carbons (Fsp3) is 0.471. The topological polar surface area (TPSA) is 116 Å². The highest BCUT2D eigenvalue weighted by atomic mass is 35.5. The molecule has 25 heavy (non-hydrogen) atoms. The number of carboxylic acids is 1. The summed E-state index contributed by atoms with van der Waals surface area (Å²) in [4.78, 5) is 34.2. The number of nitrogens with two attached hydrogens (primary N) is 1. The van der Waals surface area contributed by atoms with Crippen LogP contribution in [0, 0.1) is 12.8 Å². The van der Waals surface area contributed by atoms with E-state index >= 15 is 0 Å². The van der Waals surface area contributed by atoms with E-state index in [0.29, 0.717) is 22.4 Å². The summed E-state index contributed by atoms with van der Waals surface area (Å²) >= 11 is 6.10. The molecule has 0 unspecified atom stereocenters. The number of hydrogen-bond acceptors (Lipinski definition) is 6. The van der Waals surface area contributed by atoms with Gasteiger partial charge in [0.2, 0.25) is 0 Å². The van der Waals surface area contributed by atoms with Gasteiger partial charge in [0.15, 0.2) is 0 Å². The smallest absolute Gasteiger partial charge is 0.307 e. The van der Waals surface area contributed by atoms with E-state index in [9.17, 15) is 19.5 Å². The van der Waals surface area contributed by atoms with Gasteiger partial charge in [-0.15, -0.1) is 0 Å². The number of halogens is 1. The van der Waals surface area contributed by atoms with Gasteiger partial charge in [-0.3, -0.25) is 14.4 Å². The Kier molecular flexibility index (Phi) is 7.70. The number of aliphatic carboxylic acids is 1. The summed E-state index contributed by atoms with van der Waals surface area (Å²) in [6.45, 7) is 4.76. The maximum absolute atomic E-state index is 11.6. The number of carbonyl (C=O) groups excluding carboxylic acids is 2. The molecule has 138 valence electrons. The van der Waals surface area contributed by atoms with E-state index in [1.54, 1.807) is 19.9 Å². The lowest BCUT2D eigenvalue weighted by Crippen LogP contribution is -2.22. The van der Waals surface area contributed by atoms with E-state index in [1.165, 1.54) is 6.92 Å². The zero-order valence-electron chi connectivity index (χ0n) is 14.4. The predicted octanol–water partition coefficient (Wildman–Crippen LogP) is 2.49. The molecule has 8 heteroatoms. The average Bonchev–Trinajstić information content (AvgIpc) is 2.51. The number of carboxylic acid groups (broad SMARTS) is 1. The Hall–Kier alpha value is -2.28. The zero-order valence-corrected chi connectivity index (χ0v) is 15.2. The van der Waals surface area contributed by atoms with Crippen LogP contribution in [0.15, 0.2) is 6.07 Å². The third kappa shape index (κ3) is 5.94. The molecule has 0 spiro atoms. The molecular formula is C17H22ClNO6. The number of hydrogen-bond donors (Lipinski definition) is 2. The molecule has 0 aliphatic heterocycles. The molecule has 3 N–H and O–H groups in total. The monoisotopic (exact) mass is 371 g/mol. The Bertz CT molecular complexity index is 674. The first kappa shape index (κ1) is 20.8. The molecule has 1 aromatic carbocycles. The van der Waals surface area contributed by atoms with Crippen LogP contribution in [0.2, 0.25) is 5.02 Å². The second-order valence-corrected chi connectivity index (χ2v) is 5.97. The summed E-state index contributed by atoms with van der Waals surface area (Å²) in [5, 5.41) is 9.68. The minimum atomic E-state index is -1.13. The summed E-state index contributed by atoms with van der Waals surface area (Å²) in [6.07, 6.45) is -0.233. The van der Waals surface area contributed by atoms with Crippen molar-refractivity contribution in [3.8, 4) is 0 Å². The van der Waals surface area contributed by atoms with Crippen LogP contribution in [0.3, 0.4) is 0 Å². The molecular weight excluding hydrogens is 350 g/mol. The number of rotatable bonds is 8. The van der Waals surface area contributed by atoms with Crippen molar-refractivity contribution in [2.45, 2.75) is 40.2 Å². The van der Waals surface area contributed by atoms with E-state index in [1.807, 2.05) is 0 Å². The second-order valence-electron chi connectivity index (χ2n) is 5.56. The molecule has 0 saturated heterocycles. The third-order valence-electron chi connectivity index (χ3n) is 3.76. The maximum atomic E-state index is 11.6. The van der Waals surface area contributed by atoms with Crippen molar-refractivity contribution in [3.63, 3.8) is 0 Å². The van der Waals surface area contributed by atoms with E-state index in [-0.39, 0.29) is 31.1 Å². The van der Waals surface area contributed by atoms with Gasteiger partial charge in [0.1, 0.15) is 6.61 Å². The largest absolute Gasteiger partial charge is 0.481 e. The van der Waals surface area contributed by atoms with E-state index in [0.717, 1.165) is 0 Å². The van der Waals surface area contributed by atoms with Crippen LogP contribution < -0.4 is 5.73 Å². The first-order chi connectivity index (χ1) is 11.7. The molecule has 0 fully saturated rings. The molecule has 0 aromatic heterocycles. The molecule has 0 amide bonds. The van der Waals surface area contributed by atoms with Crippen LogP contribution in [0.25, 0.3) is 0 Å². The van der Waals surface area contributed by atoms with Gasteiger partial charge in [-0.1, -0.05) is 11.6 Å². The molecule has 0 bridgehead atoms. The standard InChI is InChI=1S/C17H22ClNO6/c1-4-24-15(21)7-12(17(22)23)5-11-6-14(18)16(19)9(2)13(11)8-25-10(3)20/h6,12H,4-5,7-8,19H2,1-3H3,(H,22,23)/t12-/m0/s1.